The Balaban J connectivity index is 0. The molecule has 0 aliphatic heterocycles. The Morgan fingerprint density at radius 1 is 1.38 bits per heavy atom. The molecule has 0 amide bonds. The Morgan fingerprint density at radius 2 is 1.50 bits per heavy atom. The quantitative estimate of drug-likeness (QED) is 0.463. The van der Waals surface area contributed by atoms with Crippen LogP contribution < -0.4 is 0 Å². The Labute approximate surface area is 91.1 Å². The van der Waals surface area contributed by atoms with Gasteiger partial charge in [0.1, 0.15) is 0 Å². The molecule has 0 aliphatic rings. The van der Waals surface area contributed by atoms with Crippen molar-refractivity contribution in [2.75, 3.05) is 0 Å². The predicted molar refractivity (Wildman–Crippen MR) is 36.5 cm³/mol. The minimum atomic E-state index is -2.17. The average Bonchev–Trinajstić information content (AvgIpc) is 1.31. The molecule has 0 aromatic rings. The average molecular weight is 205 g/mol. The zero-order valence-corrected chi connectivity index (χ0v) is 5.26. The Bertz CT molecular complexity index is 87.8. The fraction of sp³-hybridized carbons (Fsp3) is 0.500. The van der Waals surface area contributed by atoms with Gasteiger partial charge < -0.3 is 5.11 Å². The monoisotopic (exact) mass is 204 g/mol. The molecule has 0 atom stereocenters. The summed E-state index contributed by atoms with van der Waals surface area (Å²) < 4.78 is -2.17. The van der Waals surface area contributed by atoms with Gasteiger partial charge in [-0.25, -0.2) is 4.79 Å². The van der Waals surface area contributed by atoms with Gasteiger partial charge in [-0.1, -0.05) is 34.8 Å². The van der Waals surface area contributed by atoms with Gasteiger partial charge in [-0.15, -0.1) is 0 Å². The number of carboxylic acids is 1. The molecule has 0 saturated carbocycles. The number of aliphatic carboxylic acids is 1. The van der Waals surface area contributed by atoms with Crippen molar-refractivity contribution in [2.45, 2.75) is 3.79 Å². The first kappa shape index (κ1) is 12.3. The van der Waals surface area contributed by atoms with Gasteiger partial charge >= 0.3 is 43.7 Å². The Hall–Kier alpha value is 1.60. The van der Waals surface area contributed by atoms with E-state index in [0.29, 0.717) is 0 Å². The van der Waals surface area contributed by atoms with E-state index in [0.717, 1.165) is 0 Å². The first-order valence-corrected chi connectivity index (χ1v) is 2.38. The molecular weight excluding hydrogens is 202 g/mol. The van der Waals surface area contributed by atoms with Gasteiger partial charge in [0.15, 0.2) is 0 Å². The van der Waals surface area contributed by atoms with Crippen LogP contribution in [0.5, 0.6) is 0 Å². The molecule has 0 saturated heterocycles. The van der Waals surface area contributed by atoms with Crippen molar-refractivity contribution in [3.63, 3.8) is 0 Å². The van der Waals surface area contributed by atoms with Gasteiger partial charge in [0, 0.05) is 0 Å². The summed E-state index contributed by atoms with van der Waals surface area (Å²) in [5.41, 5.74) is 0. The van der Waals surface area contributed by atoms with Gasteiger partial charge in [-0.3, -0.25) is 0 Å². The van der Waals surface area contributed by atoms with Crippen LogP contribution in [0.25, 0.3) is 0 Å². The maximum atomic E-state index is 9.62. The van der Waals surface area contributed by atoms with Crippen LogP contribution in [-0.4, -0.2) is 52.6 Å². The van der Waals surface area contributed by atoms with Gasteiger partial charge in [0.25, 0.3) is 3.79 Å². The first-order chi connectivity index (χ1) is 2.94. The summed E-state index contributed by atoms with van der Waals surface area (Å²) in [6.07, 6.45) is 0. The number of hydrogen-bond donors (Lipinski definition) is 1. The van der Waals surface area contributed by atoms with Crippen molar-refractivity contribution in [1.82, 2.24) is 0 Å². The molecule has 0 spiro atoms. The zero-order valence-electron chi connectivity index (χ0n) is 2.99. The molecule has 46 valence electrons. The molecule has 2 nitrogen and oxygen atoms in total. The van der Waals surface area contributed by atoms with Crippen molar-refractivity contribution in [2.24, 2.45) is 0 Å². The van der Waals surface area contributed by atoms with E-state index in [-0.39, 0.29) is 37.7 Å². The standard InChI is InChI=1S/C2HCl3O2.Ca.2H/c3-2(4,5)1(6)7;;;/h(H,6,7);;;. The van der Waals surface area contributed by atoms with Crippen molar-refractivity contribution >= 4 is 78.5 Å². The fourth-order valence-corrected chi connectivity index (χ4v) is 0. The molecule has 0 aromatic heterocycles. The number of rotatable bonds is 0. The van der Waals surface area contributed by atoms with Crippen LogP contribution in [0.15, 0.2) is 0 Å². The number of carbonyl (C=O) groups is 1. The van der Waals surface area contributed by atoms with Crippen LogP contribution in [0.4, 0.5) is 0 Å². The SMILES string of the molecule is O=C(O)C(Cl)(Cl)Cl.[CaH2]. The van der Waals surface area contributed by atoms with E-state index in [2.05, 4.69) is 0 Å². The molecule has 0 heterocycles. The van der Waals surface area contributed by atoms with E-state index in [1.54, 1.807) is 0 Å². The molecular formula is C2H3CaCl3O2. The van der Waals surface area contributed by atoms with E-state index >= 15 is 0 Å². The second-order valence-corrected chi connectivity index (χ2v) is 3.08. The Kier molecular flexibility index (Phi) is 6.79. The normalized spacial score (nSPS) is 9.88. The number of halogens is 3. The van der Waals surface area contributed by atoms with Crippen LogP contribution in [0.1, 0.15) is 0 Å². The molecule has 0 radical (unpaired) electrons. The topological polar surface area (TPSA) is 37.3 Å². The molecule has 0 unspecified atom stereocenters. The van der Waals surface area contributed by atoms with Gasteiger partial charge in [0.2, 0.25) is 0 Å². The van der Waals surface area contributed by atoms with Gasteiger partial charge in [-0.2, -0.15) is 0 Å². The van der Waals surface area contributed by atoms with Crippen LogP contribution in [-0.2, 0) is 4.79 Å². The molecule has 8 heavy (non-hydrogen) atoms. The second kappa shape index (κ2) is 4.42. The summed E-state index contributed by atoms with van der Waals surface area (Å²) in [6, 6.07) is 0. The van der Waals surface area contributed by atoms with E-state index in [9.17, 15) is 4.79 Å². The summed E-state index contributed by atoms with van der Waals surface area (Å²) in [5, 5.41) is 7.85. The van der Waals surface area contributed by atoms with E-state index in [4.69, 9.17) is 39.9 Å². The summed E-state index contributed by atoms with van der Waals surface area (Å²) >= 11 is 14.4. The molecule has 0 rings (SSSR count). The third-order valence-corrected chi connectivity index (χ3v) is 0.728. The minimum absolute atomic E-state index is 0. The molecule has 6 heteroatoms. The zero-order chi connectivity index (χ0) is 6.08. The van der Waals surface area contributed by atoms with E-state index in [1.807, 2.05) is 0 Å². The third-order valence-electron chi connectivity index (χ3n) is 0.243. The van der Waals surface area contributed by atoms with Crippen LogP contribution in [0.3, 0.4) is 0 Å². The molecule has 0 aromatic carbocycles. The third kappa shape index (κ3) is 5.73. The number of carboxylic acid groups (broad SMARTS) is 1. The van der Waals surface area contributed by atoms with Crippen LogP contribution in [0.2, 0.25) is 0 Å². The molecule has 1 N–H and O–H groups in total. The summed E-state index contributed by atoms with van der Waals surface area (Å²) in [6.45, 7) is 0. The van der Waals surface area contributed by atoms with Crippen molar-refractivity contribution < 1.29 is 9.90 Å². The fourth-order valence-electron chi connectivity index (χ4n) is 0. The number of alkyl halides is 3. The maximum absolute atomic E-state index is 9.62. The van der Waals surface area contributed by atoms with Gasteiger partial charge in [-0.05, 0) is 0 Å². The van der Waals surface area contributed by atoms with Crippen molar-refractivity contribution in [3.05, 3.63) is 0 Å². The molecule has 0 aliphatic carbocycles. The summed E-state index contributed by atoms with van der Waals surface area (Å²) in [7, 11) is 0. The summed E-state index contributed by atoms with van der Waals surface area (Å²) in [5.74, 6) is -1.46. The predicted octanol–water partition coefficient (Wildman–Crippen LogP) is 0.525. The van der Waals surface area contributed by atoms with E-state index < -0.39 is 9.76 Å². The Morgan fingerprint density at radius 3 is 1.50 bits per heavy atom. The molecule has 0 bridgehead atoms. The molecule has 0 fully saturated rings. The second-order valence-electron chi connectivity index (χ2n) is 0.803. The van der Waals surface area contributed by atoms with Crippen molar-refractivity contribution in [3.8, 4) is 0 Å². The van der Waals surface area contributed by atoms with Crippen molar-refractivity contribution in [1.29, 1.82) is 0 Å². The van der Waals surface area contributed by atoms with Crippen LogP contribution >= 0.6 is 34.8 Å². The van der Waals surface area contributed by atoms with Gasteiger partial charge in [0.05, 0.1) is 0 Å². The first-order valence-electron chi connectivity index (χ1n) is 1.24. The van der Waals surface area contributed by atoms with Crippen LogP contribution in [0, 0.1) is 0 Å². The van der Waals surface area contributed by atoms with E-state index in [1.165, 1.54) is 0 Å². The summed E-state index contributed by atoms with van der Waals surface area (Å²) in [4.78, 5) is 9.62. The number of hydrogen-bond acceptors (Lipinski definition) is 1.